The standard InChI is InChI=1S/C26H26F3N7O4.C15H13F3N4.C10H15N3O3/c1-25(2)39-14-19(40-25)13-38-23-31-9-17(10-32-23)33-24(37)36-18-6-7-35(12-18)20-11-30-21(34-22(20)36)15-4-3-5-16(8-15)26(27,28)29;16-15(17,18)10-3-1-2-9(6-10)13-19-7-12-14(21-13)20-11-4-5-22(12)8-11;1-10(2)15-6-8(16-10)5-14-9-12-3-7(11)4-13-9/h3-5,8-11,18-19H,6-7,12-14H2,1-2H3,(H,33,37);1-3,6-7,11H,4-5,8H2,(H,19,20,21);3-4,8H,5-6,11H2,1-2H3/t18-,19-;11-;8-/m000/s1. The van der Waals surface area contributed by atoms with E-state index in [1.54, 1.807) is 18.5 Å². The zero-order chi connectivity index (χ0) is 55.0. The molecule has 4 atom stereocenters. The van der Waals surface area contributed by atoms with Crippen molar-refractivity contribution in [1.82, 2.24) is 39.9 Å². The number of halogens is 6. The van der Waals surface area contributed by atoms with Gasteiger partial charge in [0, 0.05) is 43.3 Å². The van der Waals surface area contributed by atoms with Crippen LogP contribution in [0.1, 0.15) is 51.7 Å². The minimum atomic E-state index is -4.50. The lowest BCUT2D eigenvalue weighted by Crippen LogP contribution is -2.48. The number of aromatic nitrogens is 8. The van der Waals surface area contributed by atoms with Gasteiger partial charge in [-0.25, -0.2) is 44.7 Å². The number of carbonyl (C=O) groups is 1. The Morgan fingerprint density at radius 3 is 1.78 bits per heavy atom. The molecule has 412 valence electrons. The molecule has 2 amide bonds. The highest BCUT2D eigenvalue weighted by Gasteiger charge is 2.42. The number of nitrogens with zero attached hydrogens (tertiary/aromatic N) is 11. The highest BCUT2D eigenvalue weighted by atomic mass is 19.4. The summed E-state index contributed by atoms with van der Waals surface area (Å²) in [5.41, 5.74) is 6.94. The van der Waals surface area contributed by atoms with Crippen molar-refractivity contribution < 1.29 is 59.6 Å². The molecule has 4 bridgehead atoms. The zero-order valence-electron chi connectivity index (χ0n) is 42.6. The Balaban J connectivity index is 0.000000151. The third kappa shape index (κ3) is 12.6. The van der Waals surface area contributed by atoms with Gasteiger partial charge in [-0.3, -0.25) is 4.90 Å². The minimum absolute atomic E-state index is 0.0869. The number of amides is 2. The summed E-state index contributed by atoms with van der Waals surface area (Å²) in [5.74, 6) is 0.239. The second-order valence-corrected chi connectivity index (χ2v) is 19.8. The van der Waals surface area contributed by atoms with E-state index in [0.717, 1.165) is 49.5 Å². The summed E-state index contributed by atoms with van der Waals surface area (Å²) in [6.07, 6.45) is 1.63. The lowest BCUT2D eigenvalue weighted by molar-refractivity contribution is -0.142. The number of rotatable bonds is 9. The Morgan fingerprint density at radius 2 is 1.23 bits per heavy atom. The first-order chi connectivity index (χ1) is 37.1. The maximum Gasteiger partial charge on any atom is 0.416 e. The van der Waals surface area contributed by atoms with Crippen molar-refractivity contribution in [2.45, 2.75) is 88.8 Å². The lowest BCUT2D eigenvalue weighted by Gasteiger charge is -2.35. The van der Waals surface area contributed by atoms with Crippen LogP contribution in [0.4, 0.5) is 65.5 Å². The minimum Gasteiger partial charge on any atom is -0.461 e. The molecule has 21 nitrogen and oxygen atoms in total. The molecule has 0 saturated carbocycles. The number of benzene rings is 2. The predicted molar refractivity (Wildman–Crippen MR) is 271 cm³/mol. The first-order valence-electron chi connectivity index (χ1n) is 24.9. The van der Waals surface area contributed by atoms with E-state index in [9.17, 15) is 31.1 Å². The number of ether oxygens (including phenoxy) is 6. The summed E-state index contributed by atoms with van der Waals surface area (Å²) in [5, 5.41) is 6.12. The average Bonchev–Trinajstić information content (AvgIpc) is 4.37. The van der Waals surface area contributed by atoms with Crippen LogP contribution in [0.15, 0.2) is 85.7 Å². The zero-order valence-corrected chi connectivity index (χ0v) is 42.6. The normalized spacial score (nSPS) is 21.3. The van der Waals surface area contributed by atoms with Gasteiger partial charge < -0.3 is 54.6 Å². The molecule has 10 heterocycles. The molecule has 4 aromatic heterocycles. The van der Waals surface area contributed by atoms with Crippen LogP contribution in [0.5, 0.6) is 12.0 Å². The van der Waals surface area contributed by atoms with Crippen molar-refractivity contribution >= 4 is 40.4 Å². The highest BCUT2D eigenvalue weighted by molar-refractivity contribution is 6.04. The maximum atomic E-state index is 13.5. The van der Waals surface area contributed by atoms with Crippen LogP contribution < -0.4 is 40.5 Å². The van der Waals surface area contributed by atoms with Crippen LogP contribution >= 0.6 is 0 Å². The van der Waals surface area contributed by atoms with Crippen molar-refractivity contribution in [2.75, 3.05) is 83.7 Å². The molecule has 78 heavy (non-hydrogen) atoms. The summed E-state index contributed by atoms with van der Waals surface area (Å²) in [7, 11) is 0. The summed E-state index contributed by atoms with van der Waals surface area (Å²) in [4.78, 5) is 52.9. The van der Waals surface area contributed by atoms with E-state index in [1.165, 1.54) is 47.9 Å². The smallest absolute Gasteiger partial charge is 0.416 e. The Labute approximate surface area is 442 Å². The molecule has 0 aliphatic carbocycles. The van der Waals surface area contributed by atoms with Crippen LogP contribution in [0.3, 0.4) is 0 Å². The van der Waals surface area contributed by atoms with E-state index >= 15 is 0 Å². The van der Waals surface area contributed by atoms with Gasteiger partial charge >= 0.3 is 30.4 Å². The van der Waals surface area contributed by atoms with Crippen molar-refractivity contribution in [3.05, 3.63) is 96.8 Å². The fourth-order valence-electron chi connectivity index (χ4n) is 9.39. The summed E-state index contributed by atoms with van der Waals surface area (Å²) >= 11 is 0. The van der Waals surface area contributed by atoms with Crippen molar-refractivity contribution in [2.24, 2.45) is 0 Å². The Morgan fingerprint density at radius 1 is 0.705 bits per heavy atom. The number of urea groups is 1. The third-order valence-corrected chi connectivity index (χ3v) is 13.1. The van der Waals surface area contributed by atoms with Gasteiger partial charge in [0.2, 0.25) is 0 Å². The second kappa shape index (κ2) is 21.6. The second-order valence-electron chi connectivity index (χ2n) is 19.8. The summed E-state index contributed by atoms with van der Waals surface area (Å²) in [6, 6.07) is 10.0. The quantitative estimate of drug-likeness (QED) is 0.117. The maximum absolute atomic E-state index is 13.5. The van der Waals surface area contributed by atoms with Gasteiger partial charge in [-0.15, -0.1) is 0 Å². The number of alkyl halides is 6. The molecule has 6 aliphatic heterocycles. The largest absolute Gasteiger partial charge is 0.461 e. The van der Waals surface area contributed by atoms with Gasteiger partial charge in [-0.2, -0.15) is 26.3 Å². The van der Waals surface area contributed by atoms with Crippen LogP contribution in [0, 0.1) is 0 Å². The van der Waals surface area contributed by atoms with Gasteiger partial charge in [0.1, 0.15) is 25.4 Å². The van der Waals surface area contributed by atoms with E-state index in [4.69, 9.17) is 34.2 Å². The SMILES string of the molecule is CC1(C)OC[C@H](COc2ncc(N)cn2)O1.CC1(C)OC[C@H](COc2ncc(NC(=O)N3c4nc(-c5cccc(C(F)(F)F)c5)ncc4N4CC[C@H]3C4)cn2)O1.FC(F)(F)c1cccc(-c2ncc3c(n2)N[C@H]2CCN3C2)c1. The number of nitrogen functional groups attached to an aromatic ring is 1. The van der Waals surface area contributed by atoms with Gasteiger partial charge in [-0.05, 0) is 64.8 Å². The number of fused-ring (bicyclic) bond motifs is 8. The van der Waals surface area contributed by atoms with E-state index in [2.05, 4.69) is 60.3 Å². The molecule has 6 aromatic rings. The lowest BCUT2D eigenvalue weighted by atomic mass is 10.1. The van der Waals surface area contributed by atoms with Crippen LogP contribution in [-0.2, 0) is 31.3 Å². The van der Waals surface area contributed by atoms with E-state index in [-0.39, 0.29) is 42.3 Å². The number of carbonyl (C=O) groups excluding carboxylic acids is 1. The predicted octanol–water partition coefficient (Wildman–Crippen LogP) is 7.87. The fourth-order valence-corrected chi connectivity index (χ4v) is 9.39. The molecular weight excluding hydrogens is 1030 g/mol. The first kappa shape index (κ1) is 53.6. The molecule has 0 spiro atoms. The Kier molecular flexibility index (Phi) is 14.8. The Bertz CT molecular complexity index is 3100. The van der Waals surface area contributed by atoms with E-state index in [0.29, 0.717) is 91.5 Å². The van der Waals surface area contributed by atoms with E-state index in [1.807, 2.05) is 27.7 Å². The van der Waals surface area contributed by atoms with Crippen LogP contribution in [-0.4, -0.2) is 134 Å². The molecule has 6 aliphatic rings. The van der Waals surface area contributed by atoms with Crippen LogP contribution in [0.25, 0.3) is 22.8 Å². The molecular formula is C51H54F6N14O7. The van der Waals surface area contributed by atoms with Gasteiger partial charge in [-0.1, -0.05) is 24.3 Å². The van der Waals surface area contributed by atoms with E-state index < -0.39 is 41.1 Å². The molecule has 4 fully saturated rings. The monoisotopic (exact) mass is 1090 g/mol. The molecule has 12 rings (SSSR count). The average molecular weight is 1090 g/mol. The number of anilines is 6. The Hall–Kier alpha value is -7.75. The van der Waals surface area contributed by atoms with Crippen LogP contribution in [0.2, 0.25) is 0 Å². The summed E-state index contributed by atoms with van der Waals surface area (Å²) < 4.78 is 111. The van der Waals surface area contributed by atoms with Crippen molar-refractivity contribution in [1.29, 1.82) is 0 Å². The first-order valence-corrected chi connectivity index (χ1v) is 24.9. The molecule has 27 heteroatoms. The fraction of sp³-hybridized carbons (Fsp3) is 0.431. The topological polar surface area (TPSA) is 235 Å². The number of hydrogen-bond donors (Lipinski definition) is 3. The molecule has 0 unspecified atom stereocenters. The molecule has 4 saturated heterocycles. The number of hydrogen-bond acceptors (Lipinski definition) is 19. The third-order valence-electron chi connectivity index (χ3n) is 13.1. The molecule has 0 radical (unpaired) electrons. The molecule has 4 N–H and O–H groups in total. The summed E-state index contributed by atoms with van der Waals surface area (Å²) in [6.45, 7) is 12.1. The highest BCUT2D eigenvalue weighted by Crippen LogP contribution is 2.41. The number of nitrogens with one attached hydrogen (secondary N) is 2. The van der Waals surface area contributed by atoms with Crippen molar-refractivity contribution in [3.8, 4) is 34.8 Å². The van der Waals surface area contributed by atoms with Gasteiger partial charge in [0.15, 0.2) is 34.9 Å². The molecule has 2 aromatic carbocycles. The van der Waals surface area contributed by atoms with Crippen molar-refractivity contribution in [3.63, 3.8) is 0 Å². The van der Waals surface area contributed by atoms with Gasteiger partial charge in [0.25, 0.3) is 0 Å². The van der Waals surface area contributed by atoms with Gasteiger partial charge in [0.05, 0.1) is 90.3 Å². The number of nitrogens with two attached hydrogens (primary N) is 1.